The standard InChI is InChI=1S/C27H26N2O3/c1-15-7-9-17(10-8-15)28-25(30)22(13-16-5-3-2-4-6-16)29-26(31)23-18-11-12-19(21-14-20(18)21)24(23)27(29)32/h2-12,18-24H,13-14H2,1H3,(H,28,30)/t18-,19-,20-,21-,22+,23-,24+/m1/s1. The molecule has 0 radical (unpaired) electrons. The van der Waals surface area contributed by atoms with Gasteiger partial charge in [0.25, 0.3) is 0 Å². The number of nitrogens with zero attached hydrogens (tertiary/aromatic N) is 1. The molecule has 0 spiro atoms. The fourth-order valence-corrected chi connectivity index (χ4v) is 6.29. The van der Waals surface area contributed by atoms with Gasteiger partial charge in [0.05, 0.1) is 11.8 Å². The van der Waals surface area contributed by atoms with E-state index in [4.69, 9.17) is 0 Å². The molecule has 7 rings (SSSR count). The summed E-state index contributed by atoms with van der Waals surface area (Å²) in [6.45, 7) is 1.99. The third-order valence-corrected chi connectivity index (χ3v) is 7.90. The predicted octanol–water partition coefficient (Wildman–Crippen LogP) is 3.60. The van der Waals surface area contributed by atoms with Crippen LogP contribution in [0.15, 0.2) is 66.7 Å². The number of benzene rings is 2. The number of carbonyl (C=O) groups is 3. The van der Waals surface area contributed by atoms with E-state index < -0.39 is 6.04 Å². The largest absolute Gasteiger partial charge is 0.324 e. The van der Waals surface area contributed by atoms with Gasteiger partial charge in [-0.3, -0.25) is 19.3 Å². The normalized spacial score (nSPS) is 32.5. The summed E-state index contributed by atoms with van der Waals surface area (Å²) in [7, 11) is 0. The van der Waals surface area contributed by atoms with Gasteiger partial charge in [0.2, 0.25) is 17.7 Å². The van der Waals surface area contributed by atoms with E-state index in [0.29, 0.717) is 23.9 Å². The highest BCUT2D eigenvalue weighted by Crippen LogP contribution is 2.65. The molecule has 2 saturated carbocycles. The predicted molar refractivity (Wildman–Crippen MR) is 120 cm³/mol. The molecule has 1 heterocycles. The molecule has 32 heavy (non-hydrogen) atoms. The Balaban J connectivity index is 1.33. The number of carbonyl (C=O) groups excluding carboxylic acids is 3. The number of imide groups is 1. The van der Waals surface area contributed by atoms with Gasteiger partial charge in [-0.25, -0.2) is 0 Å². The highest BCUT2D eigenvalue weighted by atomic mass is 16.2. The maximum Gasteiger partial charge on any atom is 0.248 e. The van der Waals surface area contributed by atoms with Gasteiger partial charge in [-0.1, -0.05) is 60.2 Å². The van der Waals surface area contributed by atoms with Crippen LogP contribution in [0.3, 0.4) is 0 Å². The van der Waals surface area contributed by atoms with Gasteiger partial charge >= 0.3 is 0 Å². The highest BCUT2D eigenvalue weighted by Gasteiger charge is 2.67. The second kappa shape index (κ2) is 7.16. The van der Waals surface area contributed by atoms with E-state index in [1.165, 1.54) is 4.90 Å². The molecule has 2 aromatic rings. The minimum Gasteiger partial charge on any atom is -0.324 e. The van der Waals surface area contributed by atoms with Crippen LogP contribution in [0, 0.1) is 42.4 Å². The van der Waals surface area contributed by atoms with Crippen molar-refractivity contribution in [3.05, 3.63) is 77.9 Å². The number of allylic oxidation sites excluding steroid dienone is 2. The van der Waals surface area contributed by atoms with Gasteiger partial charge in [0.1, 0.15) is 6.04 Å². The van der Waals surface area contributed by atoms with Crippen molar-refractivity contribution >= 4 is 23.4 Å². The minimum absolute atomic E-state index is 0.147. The number of likely N-dealkylation sites (tertiary alicyclic amines) is 1. The number of aryl methyl sites for hydroxylation is 1. The third-order valence-electron chi connectivity index (χ3n) is 7.90. The number of hydrogen-bond donors (Lipinski definition) is 1. The summed E-state index contributed by atoms with van der Waals surface area (Å²) >= 11 is 0. The highest BCUT2D eigenvalue weighted by molar-refractivity contribution is 6.10. The smallest absolute Gasteiger partial charge is 0.248 e. The van der Waals surface area contributed by atoms with Crippen molar-refractivity contribution in [3.63, 3.8) is 0 Å². The summed E-state index contributed by atoms with van der Waals surface area (Å²) in [6, 6.07) is 16.3. The summed E-state index contributed by atoms with van der Waals surface area (Å²) < 4.78 is 0. The van der Waals surface area contributed by atoms with Gasteiger partial charge in [0, 0.05) is 12.1 Å². The average Bonchev–Trinajstić information content (AvgIpc) is 3.58. The summed E-state index contributed by atoms with van der Waals surface area (Å²) in [5.41, 5.74) is 2.69. The Morgan fingerprint density at radius 1 is 0.938 bits per heavy atom. The van der Waals surface area contributed by atoms with Crippen LogP contribution in [-0.2, 0) is 20.8 Å². The molecule has 3 amide bonds. The van der Waals surface area contributed by atoms with Crippen molar-refractivity contribution in [2.24, 2.45) is 35.5 Å². The molecule has 0 aromatic heterocycles. The number of rotatable bonds is 5. The Labute approximate surface area is 187 Å². The van der Waals surface area contributed by atoms with Crippen LogP contribution in [0.1, 0.15) is 17.5 Å². The maximum absolute atomic E-state index is 13.6. The molecule has 0 unspecified atom stereocenters. The molecular formula is C27H26N2O3. The van der Waals surface area contributed by atoms with Gasteiger partial charge in [0.15, 0.2) is 0 Å². The van der Waals surface area contributed by atoms with Crippen LogP contribution >= 0.6 is 0 Å². The van der Waals surface area contributed by atoms with Gasteiger partial charge < -0.3 is 5.32 Å². The second-order valence-electron chi connectivity index (χ2n) is 9.76. The van der Waals surface area contributed by atoms with Crippen molar-refractivity contribution in [1.29, 1.82) is 0 Å². The lowest BCUT2D eigenvalue weighted by atomic mass is 9.63. The van der Waals surface area contributed by atoms with E-state index in [1.54, 1.807) is 0 Å². The molecule has 4 aliphatic carbocycles. The Morgan fingerprint density at radius 2 is 1.53 bits per heavy atom. The van der Waals surface area contributed by atoms with E-state index in [1.807, 2.05) is 61.5 Å². The fourth-order valence-electron chi connectivity index (χ4n) is 6.29. The molecule has 1 aliphatic heterocycles. The molecule has 2 aromatic carbocycles. The molecule has 5 heteroatoms. The first-order valence-electron chi connectivity index (χ1n) is 11.5. The first kappa shape index (κ1) is 19.5. The number of amides is 3. The minimum atomic E-state index is -0.861. The van der Waals surface area contributed by atoms with E-state index >= 15 is 0 Å². The zero-order valence-electron chi connectivity index (χ0n) is 18.0. The topological polar surface area (TPSA) is 66.5 Å². The number of hydrogen-bond acceptors (Lipinski definition) is 3. The number of nitrogens with one attached hydrogen (secondary N) is 1. The summed E-state index contributed by atoms with van der Waals surface area (Å²) in [5, 5.41) is 2.94. The van der Waals surface area contributed by atoms with E-state index in [-0.39, 0.29) is 41.4 Å². The van der Waals surface area contributed by atoms with Crippen molar-refractivity contribution in [3.8, 4) is 0 Å². The molecule has 1 N–H and O–H groups in total. The van der Waals surface area contributed by atoms with Crippen LogP contribution < -0.4 is 5.32 Å². The van der Waals surface area contributed by atoms with Gasteiger partial charge in [-0.2, -0.15) is 0 Å². The molecule has 7 atom stereocenters. The first-order chi connectivity index (χ1) is 15.5. The Hall–Kier alpha value is -3.21. The molecule has 1 saturated heterocycles. The van der Waals surface area contributed by atoms with Crippen LogP contribution in [0.25, 0.3) is 0 Å². The van der Waals surface area contributed by atoms with Crippen LogP contribution in [0.2, 0.25) is 0 Å². The summed E-state index contributed by atoms with van der Waals surface area (Å²) in [6.07, 6.45) is 5.75. The SMILES string of the molecule is Cc1ccc(NC(=O)[C@H](Cc2ccccc2)N2C(=O)[C@@H]3[C@@H]4C=C[C@H]([C@H]5C[C@H]45)[C@@H]3C2=O)cc1. The van der Waals surface area contributed by atoms with Gasteiger partial charge in [-0.15, -0.1) is 0 Å². The lowest BCUT2D eigenvalue weighted by molar-refractivity contribution is -0.146. The van der Waals surface area contributed by atoms with Crippen LogP contribution in [0.4, 0.5) is 5.69 Å². The van der Waals surface area contributed by atoms with E-state index in [0.717, 1.165) is 17.5 Å². The summed E-state index contributed by atoms with van der Waals surface area (Å²) in [5.74, 6) is 0.132. The maximum atomic E-state index is 13.6. The van der Waals surface area contributed by atoms with Crippen LogP contribution in [0.5, 0.6) is 0 Å². The third kappa shape index (κ3) is 2.94. The zero-order chi connectivity index (χ0) is 22.0. The lowest BCUT2D eigenvalue weighted by Crippen LogP contribution is -2.49. The van der Waals surface area contributed by atoms with Gasteiger partial charge in [-0.05, 0) is 54.7 Å². The average molecular weight is 427 g/mol. The molecule has 5 aliphatic rings. The summed E-state index contributed by atoms with van der Waals surface area (Å²) in [4.78, 5) is 42.0. The van der Waals surface area contributed by atoms with E-state index in [2.05, 4.69) is 17.5 Å². The Kier molecular flexibility index (Phi) is 4.36. The van der Waals surface area contributed by atoms with E-state index in [9.17, 15) is 14.4 Å². The van der Waals surface area contributed by atoms with Crippen molar-refractivity contribution in [1.82, 2.24) is 4.90 Å². The monoisotopic (exact) mass is 426 g/mol. The zero-order valence-corrected chi connectivity index (χ0v) is 18.0. The Bertz CT molecular complexity index is 1090. The second-order valence-corrected chi connectivity index (χ2v) is 9.76. The fraction of sp³-hybridized carbons (Fsp3) is 0.370. The molecule has 2 bridgehead atoms. The quantitative estimate of drug-likeness (QED) is 0.587. The molecular weight excluding hydrogens is 400 g/mol. The lowest BCUT2D eigenvalue weighted by Gasteiger charge is -2.37. The van der Waals surface area contributed by atoms with Crippen LogP contribution in [-0.4, -0.2) is 28.7 Å². The molecule has 3 fully saturated rings. The van der Waals surface area contributed by atoms with Crippen molar-refractivity contribution in [2.75, 3.05) is 5.32 Å². The molecule has 162 valence electrons. The molecule has 5 nitrogen and oxygen atoms in total. The van der Waals surface area contributed by atoms with Crippen molar-refractivity contribution < 1.29 is 14.4 Å². The van der Waals surface area contributed by atoms with Crippen molar-refractivity contribution in [2.45, 2.75) is 25.8 Å². The number of anilines is 1. The Morgan fingerprint density at radius 3 is 2.12 bits per heavy atom. The first-order valence-corrected chi connectivity index (χ1v) is 11.5.